The number of rotatable bonds is 5. The van der Waals surface area contributed by atoms with Crippen LogP contribution in [0.15, 0.2) is 54.6 Å². The summed E-state index contributed by atoms with van der Waals surface area (Å²) in [5.74, 6) is 0. The van der Waals surface area contributed by atoms with Crippen molar-refractivity contribution in [3.63, 3.8) is 0 Å². The highest BCUT2D eigenvalue weighted by Gasteiger charge is 2.10. The number of hydrogen-bond acceptors (Lipinski definition) is 2. The van der Waals surface area contributed by atoms with Gasteiger partial charge in [-0.25, -0.2) is 0 Å². The summed E-state index contributed by atoms with van der Waals surface area (Å²) < 4.78 is 2.07. The molecule has 0 aliphatic rings. The van der Waals surface area contributed by atoms with E-state index in [-0.39, 0.29) is 0 Å². The quantitative estimate of drug-likeness (QED) is 0.767. The largest absolute Gasteiger partial charge is 0.304 e. The first-order chi connectivity index (χ1) is 10.3. The normalized spacial score (nSPS) is 12.7. The second-order valence-corrected chi connectivity index (χ2v) is 5.29. The summed E-state index contributed by atoms with van der Waals surface area (Å²) in [7, 11) is 0. The van der Waals surface area contributed by atoms with Crippen LogP contribution in [0, 0.1) is 0 Å². The van der Waals surface area contributed by atoms with Gasteiger partial charge in [0.15, 0.2) is 0 Å². The first-order valence-electron chi connectivity index (χ1n) is 7.52. The minimum Gasteiger partial charge on any atom is -0.304 e. The third kappa shape index (κ3) is 2.83. The van der Waals surface area contributed by atoms with Crippen molar-refractivity contribution < 1.29 is 0 Å². The van der Waals surface area contributed by atoms with E-state index in [1.165, 1.54) is 16.5 Å². The second kappa shape index (κ2) is 6.10. The van der Waals surface area contributed by atoms with E-state index < -0.39 is 0 Å². The molecule has 0 amide bonds. The molecule has 3 rings (SSSR count). The summed E-state index contributed by atoms with van der Waals surface area (Å²) in [6.07, 6.45) is 0. The van der Waals surface area contributed by atoms with Gasteiger partial charge in [0.2, 0.25) is 0 Å². The fourth-order valence-electron chi connectivity index (χ4n) is 2.68. The molecule has 1 heterocycles. The molecule has 108 valence electrons. The Morgan fingerprint density at radius 1 is 1.05 bits per heavy atom. The Labute approximate surface area is 125 Å². The summed E-state index contributed by atoms with van der Waals surface area (Å²) in [5, 5.41) is 9.54. The van der Waals surface area contributed by atoms with Crippen LogP contribution in [0.25, 0.3) is 10.9 Å². The van der Waals surface area contributed by atoms with Crippen LogP contribution in [0.5, 0.6) is 0 Å². The molecule has 0 aliphatic heterocycles. The minimum absolute atomic E-state index is 0.316. The molecule has 0 saturated heterocycles. The van der Waals surface area contributed by atoms with Crippen LogP contribution in [-0.4, -0.2) is 9.78 Å². The number of benzene rings is 2. The zero-order chi connectivity index (χ0) is 14.7. The molecule has 0 spiro atoms. The zero-order valence-corrected chi connectivity index (χ0v) is 12.6. The van der Waals surface area contributed by atoms with E-state index in [1.807, 2.05) is 6.07 Å². The molecule has 0 fully saturated rings. The number of aromatic nitrogens is 2. The Bertz CT molecular complexity index is 716. The van der Waals surface area contributed by atoms with E-state index >= 15 is 0 Å². The Kier molecular flexibility index (Phi) is 4.02. The maximum Gasteiger partial charge on any atom is 0.0841 e. The van der Waals surface area contributed by atoms with Gasteiger partial charge in [-0.3, -0.25) is 4.68 Å². The lowest BCUT2D eigenvalue weighted by Gasteiger charge is -2.13. The first kappa shape index (κ1) is 13.8. The molecule has 0 saturated carbocycles. The SMILES string of the molecule is CCn1nc(CN[C@@H](C)c2ccccc2)c2ccccc21. The average molecular weight is 279 g/mol. The maximum absolute atomic E-state index is 4.73. The summed E-state index contributed by atoms with van der Waals surface area (Å²) >= 11 is 0. The number of nitrogens with zero attached hydrogens (tertiary/aromatic N) is 2. The molecule has 1 N–H and O–H groups in total. The van der Waals surface area contributed by atoms with Crippen LogP contribution in [0.2, 0.25) is 0 Å². The maximum atomic E-state index is 4.73. The molecule has 0 radical (unpaired) electrons. The highest BCUT2D eigenvalue weighted by Crippen LogP contribution is 2.19. The molecular formula is C18H21N3. The summed E-state index contributed by atoms with van der Waals surface area (Å²) in [5.41, 5.74) is 3.64. The number of nitrogens with one attached hydrogen (secondary N) is 1. The third-order valence-electron chi connectivity index (χ3n) is 3.91. The van der Waals surface area contributed by atoms with Gasteiger partial charge in [-0.05, 0) is 25.5 Å². The van der Waals surface area contributed by atoms with Crippen LogP contribution < -0.4 is 5.32 Å². The summed E-state index contributed by atoms with van der Waals surface area (Å²) in [4.78, 5) is 0. The van der Waals surface area contributed by atoms with Crippen LogP contribution in [0.1, 0.15) is 31.1 Å². The monoisotopic (exact) mass is 279 g/mol. The van der Waals surface area contributed by atoms with Crippen molar-refractivity contribution in [2.24, 2.45) is 0 Å². The van der Waals surface area contributed by atoms with Crippen LogP contribution in [0.4, 0.5) is 0 Å². The predicted molar refractivity (Wildman–Crippen MR) is 87.1 cm³/mol. The molecule has 1 aromatic heterocycles. The zero-order valence-electron chi connectivity index (χ0n) is 12.6. The summed E-state index contributed by atoms with van der Waals surface area (Å²) in [6, 6.07) is 19.3. The van der Waals surface area contributed by atoms with Gasteiger partial charge >= 0.3 is 0 Å². The molecule has 0 bridgehead atoms. The number of hydrogen-bond donors (Lipinski definition) is 1. The van der Waals surface area contributed by atoms with Crippen molar-refractivity contribution in [3.05, 3.63) is 65.9 Å². The average Bonchev–Trinajstić information content (AvgIpc) is 2.91. The van der Waals surface area contributed by atoms with E-state index in [2.05, 4.69) is 72.4 Å². The Morgan fingerprint density at radius 2 is 1.76 bits per heavy atom. The Hall–Kier alpha value is -2.13. The van der Waals surface area contributed by atoms with Crippen molar-refractivity contribution in [1.29, 1.82) is 0 Å². The van der Waals surface area contributed by atoms with Crippen LogP contribution >= 0.6 is 0 Å². The standard InChI is InChI=1S/C18H21N3/c1-3-21-18-12-8-7-11-16(18)17(20-21)13-19-14(2)15-9-5-4-6-10-15/h4-12,14,19H,3,13H2,1-2H3/t14-/m0/s1. The fraction of sp³-hybridized carbons (Fsp3) is 0.278. The van der Waals surface area contributed by atoms with Gasteiger partial charge in [0.25, 0.3) is 0 Å². The van der Waals surface area contributed by atoms with Crippen LogP contribution in [-0.2, 0) is 13.1 Å². The number of para-hydroxylation sites is 1. The predicted octanol–water partition coefficient (Wildman–Crippen LogP) is 3.91. The smallest absolute Gasteiger partial charge is 0.0841 e. The van der Waals surface area contributed by atoms with Crippen molar-refractivity contribution in [2.45, 2.75) is 33.0 Å². The van der Waals surface area contributed by atoms with Crippen molar-refractivity contribution in [3.8, 4) is 0 Å². The molecule has 0 unspecified atom stereocenters. The van der Waals surface area contributed by atoms with E-state index in [9.17, 15) is 0 Å². The second-order valence-electron chi connectivity index (χ2n) is 5.29. The van der Waals surface area contributed by atoms with Gasteiger partial charge < -0.3 is 5.32 Å². The van der Waals surface area contributed by atoms with Gasteiger partial charge in [-0.2, -0.15) is 5.10 Å². The molecule has 1 atom stereocenters. The van der Waals surface area contributed by atoms with Gasteiger partial charge in [0.1, 0.15) is 0 Å². The van der Waals surface area contributed by atoms with Gasteiger partial charge in [-0.1, -0.05) is 48.5 Å². The number of fused-ring (bicyclic) bond motifs is 1. The lowest BCUT2D eigenvalue weighted by atomic mass is 10.1. The lowest BCUT2D eigenvalue weighted by Crippen LogP contribution is -2.18. The molecule has 3 nitrogen and oxygen atoms in total. The van der Waals surface area contributed by atoms with Gasteiger partial charge in [0.05, 0.1) is 11.2 Å². The van der Waals surface area contributed by atoms with E-state index in [1.54, 1.807) is 0 Å². The lowest BCUT2D eigenvalue weighted by molar-refractivity contribution is 0.558. The number of aryl methyl sites for hydroxylation is 1. The van der Waals surface area contributed by atoms with E-state index in [4.69, 9.17) is 5.10 Å². The van der Waals surface area contributed by atoms with Gasteiger partial charge in [0, 0.05) is 24.5 Å². The highest BCUT2D eigenvalue weighted by atomic mass is 15.3. The van der Waals surface area contributed by atoms with Crippen molar-refractivity contribution in [1.82, 2.24) is 15.1 Å². The van der Waals surface area contributed by atoms with Crippen molar-refractivity contribution >= 4 is 10.9 Å². The molecule has 21 heavy (non-hydrogen) atoms. The Morgan fingerprint density at radius 3 is 2.52 bits per heavy atom. The molecular weight excluding hydrogens is 258 g/mol. The van der Waals surface area contributed by atoms with E-state index in [0.29, 0.717) is 6.04 Å². The van der Waals surface area contributed by atoms with Gasteiger partial charge in [-0.15, -0.1) is 0 Å². The molecule has 3 aromatic rings. The molecule has 0 aliphatic carbocycles. The van der Waals surface area contributed by atoms with Crippen molar-refractivity contribution in [2.75, 3.05) is 0 Å². The topological polar surface area (TPSA) is 29.9 Å². The summed E-state index contributed by atoms with van der Waals surface area (Å²) in [6.45, 7) is 6.00. The third-order valence-corrected chi connectivity index (χ3v) is 3.91. The van der Waals surface area contributed by atoms with E-state index in [0.717, 1.165) is 18.8 Å². The fourth-order valence-corrected chi connectivity index (χ4v) is 2.68. The Balaban J connectivity index is 1.79. The highest BCUT2D eigenvalue weighted by molar-refractivity contribution is 5.81. The van der Waals surface area contributed by atoms with Crippen LogP contribution in [0.3, 0.4) is 0 Å². The molecule has 3 heteroatoms. The minimum atomic E-state index is 0.316. The molecule has 2 aromatic carbocycles. The first-order valence-corrected chi connectivity index (χ1v) is 7.52.